The van der Waals surface area contributed by atoms with Crippen molar-refractivity contribution in [2.24, 2.45) is 5.73 Å². The van der Waals surface area contributed by atoms with Crippen molar-refractivity contribution in [3.05, 3.63) is 53.9 Å². The number of alkyl halides is 1. The molecule has 1 heterocycles. The largest absolute Gasteiger partial charge is 0.387 e. The first-order valence-electron chi connectivity index (χ1n) is 8.05. The van der Waals surface area contributed by atoms with Gasteiger partial charge in [0.2, 0.25) is 0 Å². The van der Waals surface area contributed by atoms with Gasteiger partial charge in [0.1, 0.15) is 24.7 Å². The molecule has 0 amide bonds. The van der Waals surface area contributed by atoms with Gasteiger partial charge in [0, 0.05) is 11.8 Å². The molecule has 6 nitrogen and oxygen atoms in total. The first-order valence-corrected chi connectivity index (χ1v) is 8.05. The van der Waals surface area contributed by atoms with Gasteiger partial charge in [-0.1, -0.05) is 24.3 Å². The summed E-state index contributed by atoms with van der Waals surface area (Å²) >= 11 is 0. The lowest BCUT2D eigenvalue weighted by Gasteiger charge is -2.20. The molecule has 0 aliphatic carbocycles. The number of likely N-dealkylation sites (N-methyl/N-ethyl adjacent to an activating group) is 1. The number of aldehydes is 1. The summed E-state index contributed by atoms with van der Waals surface area (Å²) < 4.78 is 12.8. The van der Waals surface area contributed by atoms with Gasteiger partial charge in [0.05, 0.1) is 18.2 Å². The number of nitrogens with zero attached hydrogens (tertiary/aromatic N) is 2. The monoisotopic (exact) mass is 358 g/mol. The van der Waals surface area contributed by atoms with Crippen molar-refractivity contribution < 1.29 is 14.3 Å². The highest BCUT2D eigenvalue weighted by Crippen LogP contribution is 2.23. The van der Waals surface area contributed by atoms with Crippen molar-refractivity contribution >= 4 is 6.29 Å². The van der Waals surface area contributed by atoms with E-state index in [1.54, 1.807) is 38.4 Å². The maximum absolute atomic E-state index is 12.8. The molecule has 2 aromatic rings. The van der Waals surface area contributed by atoms with Crippen LogP contribution in [0.15, 0.2) is 42.6 Å². The second kappa shape index (κ2) is 11.1. The third-order valence-corrected chi connectivity index (χ3v) is 3.60. The van der Waals surface area contributed by atoms with Crippen LogP contribution in [-0.4, -0.2) is 42.2 Å². The van der Waals surface area contributed by atoms with E-state index in [2.05, 4.69) is 10.3 Å². The molecule has 3 atom stereocenters. The quantitative estimate of drug-likeness (QED) is 0.678. The highest BCUT2D eigenvalue weighted by atomic mass is 19.1. The van der Waals surface area contributed by atoms with Crippen LogP contribution in [0.3, 0.4) is 0 Å². The summed E-state index contributed by atoms with van der Waals surface area (Å²) in [5, 5.41) is 21.5. The van der Waals surface area contributed by atoms with Crippen LogP contribution in [0.5, 0.6) is 0 Å². The first kappa shape index (κ1) is 21.4. The number of aromatic nitrogens is 1. The molecule has 1 aromatic heterocycles. The number of hydrogen-bond donors (Lipinski definition) is 3. The van der Waals surface area contributed by atoms with Gasteiger partial charge in [-0.25, -0.2) is 9.37 Å². The fraction of sp³-hybridized carbons (Fsp3) is 0.316. The zero-order chi connectivity index (χ0) is 19.5. The Morgan fingerprint density at radius 2 is 1.88 bits per heavy atom. The van der Waals surface area contributed by atoms with Gasteiger partial charge >= 0.3 is 0 Å². The van der Waals surface area contributed by atoms with Crippen LogP contribution < -0.4 is 11.1 Å². The number of carbonyl (C=O) groups is 1. The normalized spacial score (nSPS) is 13.5. The van der Waals surface area contributed by atoms with Crippen LogP contribution in [-0.2, 0) is 4.79 Å². The third-order valence-electron chi connectivity index (χ3n) is 3.60. The van der Waals surface area contributed by atoms with Gasteiger partial charge in [0.25, 0.3) is 0 Å². The molecule has 0 fully saturated rings. The third kappa shape index (κ3) is 6.33. The van der Waals surface area contributed by atoms with Gasteiger partial charge in [0.15, 0.2) is 0 Å². The Balaban J connectivity index is 0.000000597. The van der Waals surface area contributed by atoms with E-state index in [-0.39, 0.29) is 6.04 Å². The fourth-order valence-electron chi connectivity index (χ4n) is 2.06. The van der Waals surface area contributed by atoms with E-state index in [0.29, 0.717) is 17.5 Å². The van der Waals surface area contributed by atoms with Gasteiger partial charge in [-0.15, -0.1) is 0 Å². The van der Waals surface area contributed by atoms with Gasteiger partial charge in [-0.2, -0.15) is 5.26 Å². The summed E-state index contributed by atoms with van der Waals surface area (Å²) in [5.74, 6) is 0. The number of aliphatic hydroxyl groups is 1. The molecule has 26 heavy (non-hydrogen) atoms. The van der Waals surface area contributed by atoms with Crippen LogP contribution >= 0.6 is 0 Å². The number of carbonyl (C=O) groups excluding carboxylic acids is 1. The van der Waals surface area contributed by atoms with Gasteiger partial charge in [-0.3, -0.25) is 0 Å². The highest BCUT2D eigenvalue weighted by molar-refractivity contribution is 5.63. The zero-order valence-corrected chi connectivity index (χ0v) is 14.8. The molecule has 0 aliphatic rings. The molecule has 0 bridgehead atoms. The van der Waals surface area contributed by atoms with Crippen molar-refractivity contribution in [3.63, 3.8) is 0 Å². The Hall–Kier alpha value is -2.66. The number of hydrogen-bond acceptors (Lipinski definition) is 6. The fourth-order valence-corrected chi connectivity index (χ4v) is 2.06. The molecule has 2 unspecified atom stereocenters. The Morgan fingerprint density at radius 1 is 1.31 bits per heavy atom. The number of aliphatic hydroxyl groups excluding tert-OH is 1. The average Bonchev–Trinajstić information content (AvgIpc) is 2.69. The predicted octanol–water partition coefficient (Wildman–Crippen LogP) is 1.74. The minimum absolute atomic E-state index is 0.296. The topological polar surface area (TPSA) is 112 Å². The molecule has 0 radical (unpaired) electrons. The number of nitrogens with one attached hydrogen (secondary N) is 1. The summed E-state index contributed by atoms with van der Waals surface area (Å²) in [6.07, 6.45) is 1.43. The van der Waals surface area contributed by atoms with Crippen LogP contribution in [0, 0.1) is 11.3 Å². The summed E-state index contributed by atoms with van der Waals surface area (Å²) in [6.45, 7) is 0.992. The van der Waals surface area contributed by atoms with Gasteiger partial charge in [-0.05, 0) is 37.2 Å². The lowest BCUT2D eigenvalue weighted by molar-refractivity contribution is -0.108. The van der Waals surface area contributed by atoms with E-state index in [0.717, 1.165) is 11.1 Å². The first-order chi connectivity index (χ1) is 12.5. The molecular weight excluding hydrogens is 335 g/mol. The van der Waals surface area contributed by atoms with Crippen molar-refractivity contribution in [1.29, 1.82) is 5.26 Å². The Labute approximate surface area is 152 Å². The molecule has 0 saturated carbocycles. The van der Waals surface area contributed by atoms with Crippen molar-refractivity contribution in [2.75, 3.05) is 13.7 Å². The molecule has 138 valence electrons. The maximum atomic E-state index is 12.8. The SMILES string of the molecule is CNC(CF)C(O)c1ccc(-c2ccc(C#N)nc2)cc1.C[C@@H](N)C=O. The van der Waals surface area contributed by atoms with E-state index in [9.17, 15) is 14.3 Å². The number of benzene rings is 1. The second-order valence-electron chi connectivity index (χ2n) is 5.66. The average molecular weight is 358 g/mol. The standard InChI is InChI=1S/C16H16FN3O.C3H7NO/c1-19-15(8-17)16(21)12-4-2-11(3-5-12)13-6-7-14(9-18)20-10-13;1-3(4)2-5/h2-7,10,15-16,19,21H,8H2,1H3;2-3H,4H2,1H3/t;3-/m.1/s1. The van der Waals surface area contributed by atoms with E-state index < -0.39 is 18.8 Å². The number of pyridine rings is 1. The molecule has 0 aliphatic heterocycles. The van der Waals surface area contributed by atoms with Crippen LogP contribution in [0.2, 0.25) is 0 Å². The van der Waals surface area contributed by atoms with Crippen molar-refractivity contribution in [1.82, 2.24) is 10.3 Å². The maximum Gasteiger partial charge on any atom is 0.140 e. The van der Waals surface area contributed by atoms with Crippen LogP contribution in [0.4, 0.5) is 4.39 Å². The summed E-state index contributed by atoms with van der Waals surface area (Å²) in [5.41, 5.74) is 7.74. The number of rotatable bonds is 6. The zero-order valence-electron chi connectivity index (χ0n) is 14.8. The summed E-state index contributed by atoms with van der Waals surface area (Å²) in [7, 11) is 1.62. The Morgan fingerprint density at radius 3 is 2.27 bits per heavy atom. The van der Waals surface area contributed by atoms with Crippen LogP contribution in [0.1, 0.15) is 24.3 Å². The van der Waals surface area contributed by atoms with E-state index in [1.807, 2.05) is 24.3 Å². The Bertz CT molecular complexity index is 708. The highest BCUT2D eigenvalue weighted by Gasteiger charge is 2.18. The molecular formula is C19H23FN4O2. The van der Waals surface area contributed by atoms with Gasteiger partial charge < -0.3 is 21.0 Å². The minimum Gasteiger partial charge on any atom is -0.387 e. The summed E-state index contributed by atoms with van der Waals surface area (Å²) in [6, 6.07) is 11.7. The Kier molecular flexibility index (Phi) is 9.09. The molecule has 2 rings (SSSR count). The van der Waals surface area contributed by atoms with Crippen molar-refractivity contribution in [3.8, 4) is 17.2 Å². The van der Waals surface area contributed by atoms with Crippen molar-refractivity contribution in [2.45, 2.75) is 25.1 Å². The number of nitriles is 1. The van der Waals surface area contributed by atoms with E-state index >= 15 is 0 Å². The predicted molar refractivity (Wildman–Crippen MR) is 97.9 cm³/mol. The lowest BCUT2D eigenvalue weighted by atomic mass is 9.99. The molecule has 1 aromatic carbocycles. The number of halogens is 1. The lowest BCUT2D eigenvalue weighted by Crippen LogP contribution is -2.33. The molecule has 7 heteroatoms. The second-order valence-corrected chi connectivity index (χ2v) is 5.66. The summed E-state index contributed by atoms with van der Waals surface area (Å²) in [4.78, 5) is 13.4. The molecule has 4 N–H and O–H groups in total. The van der Waals surface area contributed by atoms with E-state index in [1.165, 1.54) is 0 Å². The van der Waals surface area contributed by atoms with Crippen LogP contribution in [0.25, 0.3) is 11.1 Å². The number of nitrogens with two attached hydrogens (primary N) is 1. The minimum atomic E-state index is -0.895. The smallest absolute Gasteiger partial charge is 0.140 e. The molecule has 0 spiro atoms. The molecule has 0 saturated heterocycles. The van der Waals surface area contributed by atoms with E-state index in [4.69, 9.17) is 11.0 Å².